The molecule has 0 radical (unpaired) electrons. The van der Waals surface area contributed by atoms with Crippen LogP contribution in [0.15, 0.2) is 231 Å². The van der Waals surface area contributed by atoms with E-state index in [1.165, 1.54) is 0 Å². The Hall–Kier alpha value is -6.59. The Morgan fingerprint density at radius 1 is 0.443 bits per heavy atom. The van der Waals surface area contributed by atoms with E-state index < -0.39 is 52.0 Å². The number of carbonyl (C=O) groups excluding carboxylic acids is 1. The molecule has 3 saturated heterocycles. The molecular formula is C75H82O11S2. The minimum atomic E-state index is -2.25. The highest BCUT2D eigenvalue weighted by Gasteiger charge is 2.66. The monoisotopic (exact) mass is 1220 g/mol. The van der Waals surface area contributed by atoms with Crippen molar-refractivity contribution in [2.24, 2.45) is 11.8 Å². The molecule has 0 bridgehead atoms. The van der Waals surface area contributed by atoms with Crippen LogP contribution in [-0.4, -0.2) is 75.7 Å². The first-order chi connectivity index (χ1) is 43.0. The molecule has 0 aromatic heterocycles. The van der Waals surface area contributed by atoms with E-state index in [2.05, 4.69) is 62.4 Å². The van der Waals surface area contributed by atoms with E-state index in [4.69, 9.17) is 37.9 Å². The number of rotatable bonds is 24. The zero-order valence-electron chi connectivity index (χ0n) is 50.7. The Balaban J connectivity index is 0.000000195. The molecule has 0 aliphatic carbocycles. The summed E-state index contributed by atoms with van der Waals surface area (Å²) in [4.78, 5) is 14.1. The molecule has 460 valence electrons. The number of hydrogen-bond donors (Lipinski definition) is 2. The molecule has 0 saturated carbocycles. The van der Waals surface area contributed by atoms with Gasteiger partial charge in [-0.3, -0.25) is 4.79 Å². The van der Waals surface area contributed by atoms with Gasteiger partial charge in [-0.15, -0.1) is 23.5 Å². The Kier molecular flexibility index (Phi) is 22.9. The fourth-order valence-electron chi connectivity index (χ4n) is 11.8. The summed E-state index contributed by atoms with van der Waals surface area (Å²) in [6.45, 7) is 10.4. The Bertz CT molecular complexity index is 3330. The van der Waals surface area contributed by atoms with Gasteiger partial charge in [0.2, 0.25) is 11.6 Å². The van der Waals surface area contributed by atoms with Crippen molar-refractivity contribution >= 4 is 29.3 Å². The van der Waals surface area contributed by atoms with E-state index in [-0.39, 0.29) is 24.5 Å². The first-order valence-electron chi connectivity index (χ1n) is 30.8. The normalized spacial score (nSPS) is 24.9. The van der Waals surface area contributed by atoms with E-state index in [0.717, 1.165) is 69.0 Å². The molecule has 13 heteroatoms. The zero-order chi connectivity index (χ0) is 61.2. The SMILES string of the molecule is CC[C@H]1O[C@@](O)(C(=O)c2ccc(OCc3ccccc3)cc2)[C@H](OCc2ccccc2)[C@@H](OCc2ccccc2)[C@@H]1C.CC[C@H]1O[C@@](O)(C2(c3ccc(OCc4ccccc4)cc3)SCCCS2)[C@H](OCc2ccccc2)[C@@H](OCc2ccccc2)[C@@H]1C. The minimum Gasteiger partial charge on any atom is -0.489 e. The van der Waals surface area contributed by atoms with Gasteiger partial charge in [0.1, 0.15) is 41.0 Å². The summed E-state index contributed by atoms with van der Waals surface area (Å²) in [6, 6.07) is 74.8. The summed E-state index contributed by atoms with van der Waals surface area (Å²) in [6.07, 6.45) is -1.04. The van der Waals surface area contributed by atoms with Crippen molar-refractivity contribution in [1.29, 1.82) is 0 Å². The van der Waals surface area contributed by atoms with Crippen molar-refractivity contribution in [3.63, 3.8) is 0 Å². The van der Waals surface area contributed by atoms with Crippen LogP contribution in [0, 0.1) is 11.8 Å². The first kappa shape index (κ1) is 64.4. The maximum absolute atomic E-state index is 14.1. The molecule has 0 amide bonds. The highest BCUT2D eigenvalue weighted by molar-refractivity contribution is 8.18. The van der Waals surface area contributed by atoms with Crippen molar-refractivity contribution in [3.8, 4) is 11.5 Å². The molecule has 0 spiro atoms. The number of carbonyl (C=O) groups is 1. The van der Waals surface area contributed by atoms with E-state index in [9.17, 15) is 15.0 Å². The van der Waals surface area contributed by atoms with Crippen LogP contribution in [0.1, 0.15) is 96.3 Å². The molecular weight excluding hydrogens is 1140 g/mol. The number of ketones is 1. The lowest BCUT2D eigenvalue weighted by Gasteiger charge is -2.57. The average molecular weight is 1220 g/mol. The van der Waals surface area contributed by atoms with Crippen LogP contribution >= 0.6 is 23.5 Å². The van der Waals surface area contributed by atoms with Gasteiger partial charge in [0.25, 0.3) is 5.79 Å². The van der Waals surface area contributed by atoms with Crippen molar-refractivity contribution in [3.05, 3.63) is 275 Å². The molecule has 10 atom stereocenters. The van der Waals surface area contributed by atoms with Gasteiger partial charge in [0.05, 0.1) is 50.8 Å². The van der Waals surface area contributed by atoms with Gasteiger partial charge in [0, 0.05) is 17.4 Å². The second-order valence-corrected chi connectivity index (χ2v) is 25.7. The third kappa shape index (κ3) is 15.7. The van der Waals surface area contributed by atoms with Crippen LogP contribution in [0.25, 0.3) is 0 Å². The van der Waals surface area contributed by atoms with Gasteiger partial charge in [0.15, 0.2) is 0 Å². The van der Waals surface area contributed by atoms with Gasteiger partial charge in [-0.1, -0.05) is 222 Å². The lowest BCUT2D eigenvalue weighted by atomic mass is 9.82. The number of Topliss-reactive ketones (excluding diaryl/α,β-unsaturated/α-hetero) is 1. The molecule has 3 aliphatic heterocycles. The Morgan fingerprint density at radius 2 is 0.784 bits per heavy atom. The number of ether oxygens (including phenoxy) is 8. The van der Waals surface area contributed by atoms with Crippen molar-refractivity contribution < 1.29 is 52.9 Å². The van der Waals surface area contributed by atoms with Gasteiger partial charge in [-0.05, 0) is 106 Å². The lowest BCUT2D eigenvalue weighted by Crippen LogP contribution is -2.69. The van der Waals surface area contributed by atoms with E-state index in [1.54, 1.807) is 47.8 Å². The van der Waals surface area contributed by atoms with Crippen LogP contribution in [0.4, 0.5) is 0 Å². The highest BCUT2D eigenvalue weighted by atomic mass is 32.2. The molecule has 3 heterocycles. The lowest BCUT2D eigenvalue weighted by molar-refractivity contribution is -0.357. The highest BCUT2D eigenvalue weighted by Crippen LogP contribution is 2.61. The third-order valence-corrected chi connectivity index (χ3v) is 20.3. The summed E-state index contributed by atoms with van der Waals surface area (Å²) in [5.41, 5.74) is 7.47. The molecule has 8 aromatic rings. The van der Waals surface area contributed by atoms with Crippen LogP contribution < -0.4 is 9.47 Å². The second kappa shape index (κ2) is 31.2. The van der Waals surface area contributed by atoms with Crippen molar-refractivity contribution in [1.82, 2.24) is 0 Å². The number of thioether (sulfide) groups is 2. The average Bonchev–Trinajstić information content (AvgIpc) is 0.757. The molecule has 11 rings (SSSR count). The number of hydrogen-bond acceptors (Lipinski definition) is 13. The minimum absolute atomic E-state index is 0.000774. The predicted molar refractivity (Wildman–Crippen MR) is 349 cm³/mol. The number of benzene rings is 8. The van der Waals surface area contributed by atoms with Gasteiger partial charge < -0.3 is 48.1 Å². The summed E-state index contributed by atoms with van der Waals surface area (Å²) >= 11 is 3.50. The molecule has 2 N–H and O–H groups in total. The fraction of sp³-hybridized carbons (Fsp3) is 0.347. The first-order valence-corrected chi connectivity index (χ1v) is 32.8. The molecule has 3 aliphatic rings. The van der Waals surface area contributed by atoms with E-state index in [1.807, 2.05) is 172 Å². The summed E-state index contributed by atoms with van der Waals surface area (Å²) < 4.78 is 50.7. The molecule has 8 aromatic carbocycles. The summed E-state index contributed by atoms with van der Waals surface area (Å²) in [5, 5.41) is 25.4. The third-order valence-electron chi connectivity index (χ3n) is 16.7. The molecule has 0 unspecified atom stereocenters. The van der Waals surface area contributed by atoms with Crippen LogP contribution in [0.3, 0.4) is 0 Å². The van der Waals surface area contributed by atoms with Gasteiger partial charge >= 0.3 is 0 Å². The zero-order valence-corrected chi connectivity index (χ0v) is 52.4. The smallest absolute Gasteiger partial charge is 0.261 e. The summed E-state index contributed by atoms with van der Waals surface area (Å²) in [7, 11) is 0. The largest absolute Gasteiger partial charge is 0.489 e. The molecule has 88 heavy (non-hydrogen) atoms. The van der Waals surface area contributed by atoms with Crippen LogP contribution in [-0.2, 0) is 72.1 Å². The standard InChI is InChI=1S/C39H44O5S2.C36H38O6/c1-3-35-29(2)36(42-27-31-16-9-5-10-17-31)37(43-28-32-18-11-6-12-19-32)38(40,44-35)39(45-24-13-25-46-39)33-20-22-34(23-21-33)41-26-30-14-7-4-8-15-30;1-3-32-26(2)33(40-24-28-15-9-5-10-16-28)35(41-25-29-17-11-6-12-18-29)36(38,42-32)34(37)30-19-21-31(22-20-30)39-23-27-13-7-4-8-14-27/h4-12,14-23,29,35-37,40H,3,13,24-28H2,1-2H3;4-22,26,32-33,35,38H,3,23-25H2,1-2H3/t29-,35-,36+,37-,38-;26-,32-,33+,35-,36+/m11/s1. The van der Waals surface area contributed by atoms with Crippen molar-refractivity contribution in [2.45, 2.75) is 139 Å². The van der Waals surface area contributed by atoms with Crippen LogP contribution in [0.5, 0.6) is 11.5 Å². The van der Waals surface area contributed by atoms with E-state index >= 15 is 0 Å². The fourth-order valence-corrected chi connectivity index (χ4v) is 15.3. The van der Waals surface area contributed by atoms with Crippen LogP contribution in [0.2, 0.25) is 0 Å². The van der Waals surface area contributed by atoms with Crippen molar-refractivity contribution in [2.75, 3.05) is 11.5 Å². The van der Waals surface area contributed by atoms with Gasteiger partial charge in [-0.25, -0.2) is 0 Å². The second-order valence-electron chi connectivity index (χ2n) is 22.8. The van der Waals surface area contributed by atoms with E-state index in [0.29, 0.717) is 50.8 Å². The maximum atomic E-state index is 14.1. The maximum Gasteiger partial charge on any atom is 0.261 e. The Morgan fingerprint density at radius 3 is 1.18 bits per heavy atom. The summed E-state index contributed by atoms with van der Waals surface area (Å²) in [5.74, 6) is -1.45. The topological polar surface area (TPSA) is 131 Å². The molecule has 11 nitrogen and oxygen atoms in total. The van der Waals surface area contributed by atoms with Gasteiger partial charge in [-0.2, -0.15) is 0 Å². The predicted octanol–water partition coefficient (Wildman–Crippen LogP) is 15.3. The quantitative estimate of drug-likeness (QED) is 0.0557. The number of aliphatic hydroxyl groups is 2. The Labute approximate surface area is 528 Å². The molecule has 3 fully saturated rings.